The molecule has 7 heteroatoms. The van der Waals surface area contributed by atoms with Crippen LogP contribution in [0.25, 0.3) is 16.6 Å². The van der Waals surface area contributed by atoms with E-state index in [2.05, 4.69) is 16.5 Å². The van der Waals surface area contributed by atoms with Crippen LogP contribution in [-0.2, 0) is 0 Å². The van der Waals surface area contributed by atoms with Crippen molar-refractivity contribution in [1.29, 1.82) is 0 Å². The minimum atomic E-state index is -0.162. The smallest absolute Gasteiger partial charge is 0.265 e. The van der Waals surface area contributed by atoms with Gasteiger partial charge in [-0.2, -0.15) is 0 Å². The van der Waals surface area contributed by atoms with Crippen molar-refractivity contribution in [2.24, 2.45) is 0 Å². The summed E-state index contributed by atoms with van der Waals surface area (Å²) in [6.07, 6.45) is 5.71. The number of nitrogens with zero attached hydrogens (tertiary/aromatic N) is 3. The van der Waals surface area contributed by atoms with Crippen LogP contribution in [0.4, 0.5) is 0 Å². The van der Waals surface area contributed by atoms with Crippen LogP contribution in [0.3, 0.4) is 0 Å². The average Bonchev–Trinajstić information content (AvgIpc) is 3.31. The lowest BCUT2D eigenvalue weighted by Gasteiger charge is -2.17. The van der Waals surface area contributed by atoms with Crippen molar-refractivity contribution in [3.63, 3.8) is 0 Å². The van der Waals surface area contributed by atoms with Gasteiger partial charge >= 0.3 is 0 Å². The van der Waals surface area contributed by atoms with Crippen LogP contribution in [0.15, 0.2) is 60.2 Å². The number of aromatic nitrogens is 2. The molecule has 0 amide bonds. The van der Waals surface area contributed by atoms with Crippen LogP contribution < -0.4 is 19.8 Å². The molecular formula is C24H27N3O4. The number of rotatable bonds is 9. The highest BCUT2D eigenvalue weighted by Crippen LogP contribution is 2.29. The van der Waals surface area contributed by atoms with Gasteiger partial charge in [0.15, 0.2) is 11.5 Å². The van der Waals surface area contributed by atoms with E-state index in [4.69, 9.17) is 14.2 Å². The summed E-state index contributed by atoms with van der Waals surface area (Å²) in [6.45, 7) is 7.81. The Kier molecular flexibility index (Phi) is 6.52. The van der Waals surface area contributed by atoms with Gasteiger partial charge in [0, 0.05) is 18.7 Å². The standard InChI is InChI=1S/C24H27N3O4/c1-3-13-30-19-7-8-20-21(16-19)25-17-27(24(20)28)18-6-9-22(23(15-18)29-2)31-14-12-26-10-4-5-11-26/h3,6-9,15-17H,1,4-5,10-14H2,2H3. The highest BCUT2D eigenvalue weighted by Gasteiger charge is 2.13. The van der Waals surface area contributed by atoms with E-state index in [0.717, 1.165) is 19.6 Å². The molecule has 1 aromatic heterocycles. The van der Waals surface area contributed by atoms with Crippen molar-refractivity contribution in [2.75, 3.05) is 40.0 Å². The quantitative estimate of drug-likeness (QED) is 0.493. The summed E-state index contributed by atoms with van der Waals surface area (Å²) in [5.41, 5.74) is 1.08. The van der Waals surface area contributed by atoms with Crippen LogP contribution in [0.2, 0.25) is 0 Å². The predicted octanol–water partition coefficient (Wildman–Crippen LogP) is 3.43. The fourth-order valence-electron chi connectivity index (χ4n) is 3.75. The maximum atomic E-state index is 13.0. The van der Waals surface area contributed by atoms with Gasteiger partial charge in [-0.05, 0) is 50.2 Å². The van der Waals surface area contributed by atoms with Gasteiger partial charge in [-0.3, -0.25) is 14.3 Å². The zero-order chi connectivity index (χ0) is 21.6. The molecule has 0 bridgehead atoms. The first-order valence-electron chi connectivity index (χ1n) is 10.5. The highest BCUT2D eigenvalue weighted by molar-refractivity contribution is 5.79. The second-order valence-corrected chi connectivity index (χ2v) is 7.43. The largest absolute Gasteiger partial charge is 0.493 e. The number of benzene rings is 2. The lowest BCUT2D eigenvalue weighted by Crippen LogP contribution is -2.25. The van der Waals surface area contributed by atoms with Gasteiger partial charge in [0.25, 0.3) is 5.56 Å². The second kappa shape index (κ2) is 9.66. The maximum Gasteiger partial charge on any atom is 0.265 e. The van der Waals surface area contributed by atoms with Crippen molar-refractivity contribution in [3.8, 4) is 22.9 Å². The first-order chi connectivity index (χ1) is 15.2. The minimum absolute atomic E-state index is 0.162. The Balaban J connectivity index is 1.55. The van der Waals surface area contributed by atoms with Crippen molar-refractivity contribution >= 4 is 10.9 Å². The van der Waals surface area contributed by atoms with E-state index in [1.54, 1.807) is 37.5 Å². The Morgan fingerprint density at radius 1 is 1.10 bits per heavy atom. The van der Waals surface area contributed by atoms with Crippen LogP contribution >= 0.6 is 0 Å². The van der Waals surface area contributed by atoms with Crippen LogP contribution in [0, 0.1) is 0 Å². The van der Waals surface area contributed by atoms with Gasteiger partial charge in [0.05, 0.1) is 23.7 Å². The van der Waals surface area contributed by atoms with E-state index in [0.29, 0.717) is 47.1 Å². The predicted molar refractivity (Wildman–Crippen MR) is 121 cm³/mol. The molecule has 1 aliphatic rings. The SMILES string of the molecule is C=CCOc1ccc2c(=O)n(-c3ccc(OCCN4CCCC4)c(OC)c3)cnc2c1. The lowest BCUT2D eigenvalue weighted by molar-refractivity contribution is 0.230. The minimum Gasteiger partial charge on any atom is -0.493 e. The number of ether oxygens (including phenoxy) is 3. The van der Waals surface area contributed by atoms with Crippen LogP contribution in [0.1, 0.15) is 12.8 Å². The third-order valence-corrected chi connectivity index (χ3v) is 5.39. The Hall–Kier alpha value is -3.32. The molecule has 4 rings (SSSR count). The Bertz CT molecular complexity index is 1120. The van der Waals surface area contributed by atoms with Crippen molar-refractivity contribution < 1.29 is 14.2 Å². The molecule has 1 fully saturated rings. The molecule has 0 N–H and O–H groups in total. The van der Waals surface area contributed by atoms with Gasteiger partial charge in [0.2, 0.25) is 0 Å². The summed E-state index contributed by atoms with van der Waals surface area (Å²) in [6, 6.07) is 10.7. The number of hydrogen-bond donors (Lipinski definition) is 0. The first kappa shape index (κ1) is 20.9. The summed E-state index contributed by atoms with van der Waals surface area (Å²) in [4.78, 5) is 19.9. The normalized spacial score (nSPS) is 14.0. The summed E-state index contributed by atoms with van der Waals surface area (Å²) < 4.78 is 18.5. The molecule has 162 valence electrons. The van der Waals surface area contributed by atoms with Gasteiger partial charge < -0.3 is 14.2 Å². The van der Waals surface area contributed by atoms with Crippen molar-refractivity contribution in [2.45, 2.75) is 12.8 Å². The molecule has 0 aliphatic carbocycles. The lowest BCUT2D eigenvalue weighted by atomic mass is 10.2. The average molecular weight is 421 g/mol. The number of methoxy groups -OCH3 is 1. The molecule has 1 saturated heterocycles. The van der Waals surface area contributed by atoms with Gasteiger partial charge in [-0.25, -0.2) is 4.98 Å². The van der Waals surface area contributed by atoms with Crippen LogP contribution in [0.5, 0.6) is 17.2 Å². The molecular weight excluding hydrogens is 394 g/mol. The highest BCUT2D eigenvalue weighted by atomic mass is 16.5. The molecule has 3 aromatic rings. The Labute approximate surface area is 181 Å². The van der Waals surface area contributed by atoms with Crippen molar-refractivity contribution in [1.82, 2.24) is 14.5 Å². The zero-order valence-corrected chi connectivity index (χ0v) is 17.8. The van der Waals surface area contributed by atoms with E-state index in [1.807, 2.05) is 12.1 Å². The molecule has 1 aliphatic heterocycles. The summed E-state index contributed by atoms with van der Waals surface area (Å²) in [7, 11) is 1.60. The molecule has 0 saturated carbocycles. The van der Waals surface area contributed by atoms with E-state index >= 15 is 0 Å². The van der Waals surface area contributed by atoms with Gasteiger partial charge in [-0.15, -0.1) is 0 Å². The van der Waals surface area contributed by atoms with Gasteiger partial charge in [-0.1, -0.05) is 12.7 Å². The molecule has 7 nitrogen and oxygen atoms in total. The molecule has 0 spiro atoms. The maximum absolute atomic E-state index is 13.0. The topological polar surface area (TPSA) is 65.8 Å². The first-order valence-corrected chi connectivity index (χ1v) is 10.5. The Morgan fingerprint density at radius 2 is 1.94 bits per heavy atom. The molecule has 0 unspecified atom stereocenters. The third kappa shape index (κ3) is 4.72. The zero-order valence-electron chi connectivity index (χ0n) is 17.8. The molecule has 0 atom stereocenters. The molecule has 2 aromatic carbocycles. The van der Waals surface area contributed by atoms with E-state index in [-0.39, 0.29) is 5.56 Å². The number of fused-ring (bicyclic) bond motifs is 1. The fraction of sp³-hybridized carbons (Fsp3) is 0.333. The summed E-state index contributed by atoms with van der Waals surface area (Å²) >= 11 is 0. The molecule has 2 heterocycles. The van der Waals surface area contributed by atoms with E-state index in [1.165, 1.54) is 23.7 Å². The summed E-state index contributed by atoms with van der Waals surface area (Å²) in [5, 5.41) is 0.512. The Morgan fingerprint density at radius 3 is 2.71 bits per heavy atom. The number of likely N-dealkylation sites (tertiary alicyclic amines) is 1. The third-order valence-electron chi connectivity index (χ3n) is 5.39. The summed E-state index contributed by atoms with van der Waals surface area (Å²) in [5.74, 6) is 1.89. The molecule has 31 heavy (non-hydrogen) atoms. The van der Waals surface area contributed by atoms with Gasteiger partial charge in [0.1, 0.15) is 25.3 Å². The van der Waals surface area contributed by atoms with E-state index < -0.39 is 0 Å². The fourth-order valence-corrected chi connectivity index (χ4v) is 3.75. The van der Waals surface area contributed by atoms with Crippen molar-refractivity contribution in [3.05, 3.63) is 65.7 Å². The number of hydrogen-bond acceptors (Lipinski definition) is 6. The van der Waals surface area contributed by atoms with Crippen LogP contribution in [-0.4, -0.2) is 54.4 Å². The van der Waals surface area contributed by atoms with E-state index in [9.17, 15) is 4.79 Å². The monoisotopic (exact) mass is 421 g/mol. The second-order valence-electron chi connectivity index (χ2n) is 7.43. The molecule has 0 radical (unpaired) electrons.